The van der Waals surface area contributed by atoms with Crippen LogP contribution >= 0.6 is 0 Å². The highest BCUT2D eigenvalue weighted by Gasteiger charge is 2.60. The zero-order valence-electron chi connectivity index (χ0n) is 15.6. The van der Waals surface area contributed by atoms with Crippen LogP contribution in [-0.2, 0) is 9.59 Å². The van der Waals surface area contributed by atoms with Crippen LogP contribution in [0.2, 0.25) is 0 Å². The summed E-state index contributed by atoms with van der Waals surface area (Å²) in [6, 6.07) is 0. The van der Waals surface area contributed by atoms with E-state index in [0.717, 1.165) is 38.3 Å². The van der Waals surface area contributed by atoms with E-state index in [-0.39, 0.29) is 17.7 Å². The summed E-state index contributed by atoms with van der Waals surface area (Å²) in [5, 5.41) is 0. The summed E-state index contributed by atoms with van der Waals surface area (Å²) < 4.78 is 0. The van der Waals surface area contributed by atoms with Crippen LogP contribution in [0, 0.1) is 17.8 Å². The lowest BCUT2D eigenvalue weighted by atomic mass is 9.85. The van der Waals surface area contributed by atoms with Gasteiger partial charge in [0.15, 0.2) is 0 Å². The molecule has 3 rings (SSSR count). The molecule has 0 aromatic heterocycles. The molecule has 6 nitrogen and oxygen atoms in total. The van der Waals surface area contributed by atoms with Crippen molar-refractivity contribution in [1.82, 2.24) is 14.7 Å². The molecule has 2 fully saturated rings. The minimum absolute atomic E-state index is 0.128. The Hall–Kier alpha value is -1.43. The Bertz CT molecular complexity index is 571. The Morgan fingerprint density at radius 2 is 2.08 bits per heavy atom. The summed E-state index contributed by atoms with van der Waals surface area (Å²) in [6.45, 7) is 9.14. The number of rotatable bonds is 4. The van der Waals surface area contributed by atoms with Crippen molar-refractivity contribution in [3.63, 3.8) is 0 Å². The summed E-state index contributed by atoms with van der Waals surface area (Å²) in [4.78, 5) is 35.8. The van der Waals surface area contributed by atoms with Gasteiger partial charge in [-0.15, -0.1) is 0 Å². The van der Waals surface area contributed by atoms with E-state index in [4.69, 9.17) is 4.99 Å². The number of likely N-dealkylation sites (tertiary alicyclic amines) is 1. The molecule has 2 heterocycles. The molecule has 134 valence electrons. The van der Waals surface area contributed by atoms with Crippen LogP contribution in [0.3, 0.4) is 0 Å². The Balaban J connectivity index is 1.75. The van der Waals surface area contributed by atoms with Gasteiger partial charge in [-0.2, -0.15) is 0 Å². The molecule has 3 aliphatic rings. The highest BCUT2D eigenvalue weighted by atomic mass is 16.2. The standard InChI is InChI=1S/C18H30N4O2/c1-12(2)8-22-13(3)19-18(17(22)24)7-6-14-9-21(10-15(14)18)11-16(23)20(4)5/h12,14-15H,6-11H2,1-5H3/t14-,15+,18-/m0/s1. The number of amides is 2. The van der Waals surface area contributed by atoms with E-state index in [0.29, 0.717) is 18.4 Å². The van der Waals surface area contributed by atoms with Crippen LogP contribution < -0.4 is 0 Å². The second kappa shape index (κ2) is 6.14. The lowest BCUT2D eigenvalue weighted by Crippen LogP contribution is -2.47. The van der Waals surface area contributed by atoms with Gasteiger partial charge in [0.1, 0.15) is 11.4 Å². The quantitative estimate of drug-likeness (QED) is 0.773. The number of carbonyl (C=O) groups is 2. The largest absolute Gasteiger partial charge is 0.348 e. The molecule has 0 bridgehead atoms. The summed E-state index contributed by atoms with van der Waals surface area (Å²) >= 11 is 0. The van der Waals surface area contributed by atoms with Gasteiger partial charge >= 0.3 is 0 Å². The highest BCUT2D eigenvalue weighted by Crippen LogP contribution is 2.50. The van der Waals surface area contributed by atoms with Gasteiger partial charge in [-0.1, -0.05) is 13.8 Å². The fourth-order valence-electron chi connectivity index (χ4n) is 4.61. The molecule has 2 aliphatic heterocycles. The van der Waals surface area contributed by atoms with Gasteiger partial charge in [0, 0.05) is 39.6 Å². The minimum Gasteiger partial charge on any atom is -0.348 e. The maximum absolute atomic E-state index is 13.2. The van der Waals surface area contributed by atoms with Gasteiger partial charge in [-0.25, -0.2) is 0 Å². The molecule has 0 aromatic carbocycles. The van der Waals surface area contributed by atoms with E-state index in [9.17, 15) is 9.59 Å². The Morgan fingerprint density at radius 3 is 2.71 bits per heavy atom. The second-order valence-corrected chi connectivity index (χ2v) is 8.28. The van der Waals surface area contributed by atoms with Crippen LogP contribution in [0.4, 0.5) is 0 Å². The number of carbonyl (C=O) groups excluding carboxylic acids is 2. The number of hydrogen-bond acceptors (Lipinski definition) is 4. The Kier molecular flexibility index (Phi) is 4.45. The van der Waals surface area contributed by atoms with Crippen LogP contribution in [0.15, 0.2) is 4.99 Å². The molecule has 1 spiro atoms. The predicted molar refractivity (Wildman–Crippen MR) is 93.7 cm³/mol. The van der Waals surface area contributed by atoms with Gasteiger partial charge in [0.25, 0.3) is 5.91 Å². The number of likely N-dealkylation sites (N-methyl/N-ethyl adjacent to an activating group) is 1. The average Bonchev–Trinajstić information content (AvgIpc) is 3.10. The Morgan fingerprint density at radius 1 is 1.38 bits per heavy atom. The van der Waals surface area contributed by atoms with Crippen LogP contribution in [0.1, 0.15) is 33.6 Å². The molecular formula is C18H30N4O2. The van der Waals surface area contributed by atoms with Crippen molar-refractivity contribution in [2.75, 3.05) is 40.3 Å². The number of fused-ring (bicyclic) bond motifs is 2. The van der Waals surface area contributed by atoms with Crippen LogP contribution in [0.25, 0.3) is 0 Å². The average molecular weight is 334 g/mol. The van der Waals surface area contributed by atoms with E-state index in [1.54, 1.807) is 19.0 Å². The zero-order valence-corrected chi connectivity index (χ0v) is 15.6. The van der Waals surface area contributed by atoms with Crippen molar-refractivity contribution in [2.24, 2.45) is 22.7 Å². The van der Waals surface area contributed by atoms with Crippen LogP contribution in [0.5, 0.6) is 0 Å². The lowest BCUT2D eigenvalue weighted by molar-refractivity contribution is -0.132. The third-order valence-electron chi connectivity index (χ3n) is 5.80. The van der Waals surface area contributed by atoms with Crippen LogP contribution in [-0.4, -0.2) is 78.2 Å². The van der Waals surface area contributed by atoms with Gasteiger partial charge in [0.2, 0.25) is 5.91 Å². The van der Waals surface area contributed by atoms with Crippen molar-refractivity contribution in [1.29, 1.82) is 0 Å². The van der Waals surface area contributed by atoms with Gasteiger partial charge in [-0.3, -0.25) is 24.4 Å². The fraction of sp³-hybridized carbons (Fsp3) is 0.833. The van der Waals surface area contributed by atoms with Gasteiger partial charge in [0.05, 0.1) is 6.54 Å². The van der Waals surface area contributed by atoms with Crippen molar-refractivity contribution in [2.45, 2.75) is 39.2 Å². The summed E-state index contributed by atoms with van der Waals surface area (Å²) in [5.74, 6) is 2.37. The summed E-state index contributed by atoms with van der Waals surface area (Å²) in [5.41, 5.74) is -0.556. The van der Waals surface area contributed by atoms with Crippen molar-refractivity contribution >= 4 is 17.6 Å². The van der Waals surface area contributed by atoms with E-state index < -0.39 is 5.54 Å². The maximum Gasteiger partial charge on any atom is 0.256 e. The topological polar surface area (TPSA) is 56.2 Å². The van der Waals surface area contributed by atoms with Crippen molar-refractivity contribution in [3.05, 3.63) is 0 Å². The predicted octanol–water partition coefficient (Wildman–Crippen LogP) is 1.07. The fourth-order valence-corrected chi connectivity index (χ4v) is 4.61. The molecule has 0 radical (unpaired) electrons. The molecule has 3 atom stereocenters. The van der Waals surface area contributed by atoms with E-state index >= 15 is 0 Å². The van der Waals surface area contributed by atoms with Gasteiger partial charge in [-0.05, 0) is 31.6 Å². The first-order valence-corrected chi connectivity index (χ1v) is 9.05. The molecule has 0 aromatic rings. The molecule has 24 heavy (non-hydrogen) atoms. The van der Waals surface area contributed by atoms with Crippen molar-refractivity contribution in [3.8, 4) is 0 Å². The first-order valence-electron chi connectivity index (χ1n) is 9.05. The SMILES string of the molecule is CC1=N[C@]2(CC[C@H]3CN(CC(=O)N(C)C)C[C@H]32)C(=O)N1CC(C)C. The number of hydrogen-bond donors (Lipinski definition) is 0. The molecule has 6 heteroatoms. The maximum atomic E-state index is 13.2. The first kappa shape index (κ1) is 17.4. The number of amidine groups is 1. The monoisotopic (exact) mass is 334 g/mol. The summed E-state index contributed by atoms with van der Waals surface area (Å²) in [7, 11) is 3.58. The molecular weight excluding hydrogens is 304 g/mol. The Labute approximate surface area is 144 Å². The zero-order chi connectivity index (χ0) is 17.6. The first-order chi connectivity index (χ1) is 11.2. The smallest absolute Gasteiger partial charge is 0.256 e. The normalized spacial score (nSPS) is 32.8. The molecule has 0 unspecified atom stereocenters. The van der Waals surface area contributed by atoms with Gasteiger partial charge < -0.3 is 4.90 Å². The molecule has 0 N–H and O–H groups in total. The summed E-state index contributed by atoms with van der Waals surface area (Å²) in [6.07, 6.45) is 1.90. The molecule has 1 saturated carbocycles. The molecule has 1 saturated heterocycles. The van der Waals surface area contributed by atoms with E-state index in [1.807, 2.05) is 11.8 Å². The lowest BCUT2D eigenvalue weighted by Gasteiger charge is -2.29. The number of nitrogens with zero attached hydrogens (tertiary/aromatic N) is 4. The minimum atomic E-state index is -0.556. The molecule has 1 aliphatic carbocycles. The van der Waals surface area contributed by atoms with Crippen molar-refractivity contribution < 1.29 is 9.59 Å². The van der Waals surface area contributed by atoms with E-state index in [2.05, 4.69) is 18.7 Å². The second-order valence-electron chi connectivity index (χ2n) is 8.28. The number of aliphatic imine (C=N–C) groups is 1. The third-order valence-corrected chi connectivity index (χ3v) is 5.80. The highest BCUT2D eigenvalue weighted by molar-refractivity contribution is 6.07. The van der Waals surface area contributed by atoms with E-state index in [1.165, 1.54) is 0 Å². The molecule has 2 amide bonds. The third kappa shape index (κ3) is 2.75.